The molecule has 0 unspecified atom stereocenters. The number of non-ortho nitro benzene ring substituents is 1. The molecule has 0 aliphatic heterocycles. The molecule has 0 fully saturated rings. The average molecular weight is 444 g/mol. The molecule has 3 aromatic rings. The summed E-state index contributed by atoms with van der Waals surface area (Å²) in [7, 11) is -4.29. The molecule has 0 spiro atoms. The molecule has 160 valence electrons. The molecule has 0 bridgehead atoms. The van der Waals surface area contributed by atoms with Crippen molar-refractivity contribution in [2.75, 3.05) is 6.54 Å². The molecule has 0 aromatic heterocycles. The van der Waals surface area contributed by atoms with Gasteiger partial charge in [0, 0.05) is 24.2 Å². The Morgan fingerprint density at radius 3 is 2.42 bits per heavy atom. The van der Waals surface area contributed by atoms with Gasteiger partial charge in [0.2, 0.25) is 0 Å². The van der Waals surface area contributed by atoms with E-state index in [0.29, 0.717) is 12.0 Å². The Balaban J connectivity index is 1.61. The van der Waals surface area contributed by atoms with Gasteiger partial charge in [-0.25, -0.2) is 4.39 Å². The maximum absolute atomic E-state index is 13.6. The summed E-state index contributed by atoms with van der Waals surface area (Å²) in [5, 5.41) is 13.5. The van der Waals surface area contributed by atoms with Crippen LogP contribution in [0.3, 0.4) is 0 Å². The van der Waals surface area contributed by atoms with Gasteiger partial charge in [-0.3, -0.25) is 14.9 Å². The molecule has 8 nitrogen and oxygen atoms in total. The Kier molecular flexibility index (Phi) is 6.61. The highest BCUT2D eigenvalue weighted by atomic mass is 32.2. The van der Waals surface area contributed by atoms with E-state index in [1.54, 1.807) is 18.2 Å². The molecule has 1 amide bonds. The molecule has 0 saturated carbocycles. The zero-order valence-corrected chi connectivity index (χ0v) is 16.8. The van der Waals surface area contributed by atoms with Crippen LogP contribution >= 0.6 is 0 Å². The van der Waals surface area contributed by atoms with Gasteiger partial charge in [0.25, 0.3) is 11.6 Å². The summed E-state index contributed by atoms with van der Waals surface area (Å²) < 4.78 is 43.3. The quantitative estimate of drug-likeness (QED) is 0.323. The first-order valence-corrected chi connectivity index (χ1v) is 10.5. The summed E-state index contributed by atoms with van der Waals surface area (Å²) >= 11 is 0. The second kappa shape index (κ2) is 9.35. The fourth-order valence-electron chi connectivity index (χ4n) is 2.70. The maximum atomic E-state index is 13.6. The number of rotatable bonds is 8. The second-order valence-electron chi connectivity index (χ2n) is 6.41. The number of carbonyl (C=O) groups is 1. The number of hydrogen-bond acceptors (Lipinski definition) is 6. The predicted molar refractivity (Wildman–Crippen MR) is 110 cm³/mol. The van der Waals surface area contributed by atoms with Crippen LogP contribution in [0.1, 0.15) is 15.9 Å². The Bertz CT molecular complexity index is 1210. The van der Waals surface area contributed by atoms with Crippen LogP contribution in [0.2, 0.25) is 0 Å². The van der Waals surface area contributed by atoms with Crippen molar-refractivity contribution in [3.05, 3.63) is 99.9 Å². The summed E-state index contributed by atoms with van der Waals surface area (Å²) in [4.78, 5) is 22.0. The van der Waals surface area contributed by atoms with Gasteiger partial charge in [0.05, 0.1) is 4.92 Å². The Morgan fingerprint density at radius 2 is 1.74 bits per heavy atom. The first-order valence-electron chi connectivity index (χ1n) is 9.07. The average Bonchev–Trinajstić information content (AvgIpc) is 2.75. The van der Waals surface area contributed by atoms with Crippen molar-refractivity contribution in [3.8, 4) is 5.75 Å². The molecule has 3 rings (SSSR count). The van der Waals surface area contributed by atoms with Crippen LogP contribution < -0.4 is 9.50 Å². The molecular formula is C21H17FN2O6S. The molecule has 0 aliphatic carbocycles. The van der Waals surface area contributed by atoms with Crippen molar-refractivity contribution < 1.29 is 26.7 Å². The number of nitro groups is 1. The molecule has 0 heterocycles. The second-order valence-corrected chi connectivity index (χ2v) is 7.96. The van der Waals surface area contributed by atoms with Gasteiger partial charge in [0.1, 0.15) is 16.5 Å². The van der Waals surface area contributed by atoms with E-state index in [4.69, 9.17) is 4.18 Å². The molecule has 0 atom stereocenters. The zero-order chi connectivity index (χ0) is 22.4. The highest BCUT2D eigenvalue weighted by molar-refractivity contribution is 7.87. The lowest BCUT2D eigenvalue weighted by Crippen LogP contribution is -2.25. The third kappa shape index (κ3) is 5.64. The molecule has 10 heteroatoms. The molecule has 3 aromatic carbocycles. The van der Waals surface area contributed by atoms with E-state index in [-0.39, 0.29) is 34.3 Å². The monoisotopic (exact) mass is 444 g/mol. The van der Waals surface area contributed by atoms with Gasteiger partial charge in [-0.05, 0) is 48.4 Å². The van der Waals surface area contributed by atoms with Crippen LogP contribution in [-0.2, 0) is 16.5 Å². The van der Waals surface area contributed by atoms with Crippen LogP contribution in [-0.4, -0.2) is 25.8 Å². The molecule has 0 saturated heterocycles. The van der Waals surface area contributed by atoms with E-state index in [2.05, 4.69) is 5.32 Å². The maximum Gasteiger partial charge on any atom is 0.339 e. The van der Waals surface area contributed by atoms with Crippen molar-refractivity contribution in [2.45, 2.75) is 11.3 Å². The molecule has 1 N–H and O–H groups in total. The third-order valence-electron chi connectivity index (χ3n) is 4.28. The SMILES string of the molecule is O=C(NCCc1ccccc1F)c1ccc(OS(=O)(=O)c2cccc([N+](=O)[O-])c2)cc1. The summed E-state index contributed by atoms with van der Waals surface area (Å²) in [6.07, 6.45) is 0.321. The lowest BCUT2D eigenvalue weighted by Gasteiger charge is -2.09. The number of nitrogens with one attached hydrogen (secondary N) is 1. The summed E-state index contributed by atoms with van der Waals surface area (Å²) in [6.45, 7) is 0.221. The fourth-order valence-corrected chi connectivity index (χ4v) is 3.67. The largest absolute Gasteiger partial charge is 0.379 e. The molecule has 0 radical (unpaired) electrons. The lowest BCUT2D eigenvalue weighted by atomic mass is 10.1. The number of nitrogens with zero attached hydrogens (tertiary/aromatic N) is 1. The number of halogens is 1. The van der Waals surface area contributed by atoms with Crippen LogP contribution in [0.5, 0.6) is 5.75 Å². The minimum Gasteiger partial charge on any atom is -0.379 e. The Labute approximate surface area is 177 Å². The van der Waals surface area contributed by atoms with Crippen molar-refractivity contribution in [2.24, 2.45) is 0 Å². The smallest absolute Gasteiger partial charge is 0.339 e. The van der Waals surface area contributed by atoms with E-state index < -0.39 is 20.9 Å². The number of hydrogen-bond donors (Lipinski definition) is 1. The molecule has 31 heavy (non-hydrogen) atoms. The minimum absolute atomic E-state index is 0.0607. The van der Waals surface area contributed by atoms with Crippen molar-refractivity contribution >= 4 is 21.7 Å². The Morgan fingerprint density at radius 1 is 1.03 bits per heavy atom. The summed E-state index contributed by atoms with van der Waals surface area (Å²) in [5.41, 5.74) is 0.360. The van der Waals surface area contributed by atoms with E-state index in [9.17, 15) is 27.7 Å². The topological polar surface area (TPSA) is 116 Å². The van der Waals surface area contributed by atoms with E-state index >= 15 is 0 Å². The standard InChI is InChI=1S/C21H17FN2O6S/c22-20-7-2-1-4-15(20)12-13-23-21(25)16-8-10-18(11-9-16)30-31(28,29)19-6-3-5-17(14-19)24(26)27/h1-11,14H,12-13H2,(H,23,25). The summed E-state index contributed by atoms with van der Waals surface area (Å²) in [6, 6.07) is 16.1. The zero-order valence-electron chi connectivity index (χ0n) is 16.0. The first kappa shape index (κ1) is 21.9. The Hall–Kier alpha value is -3.79. The minimum atomic E-state index is -4.29. The van der Waals surface area contributed by atoms with E-state index in [1.165, 1.54) is 48.5 Å². The number of benzene rings is 3. The van der Waals surface area contributed by atoms with Crippen LogP contribution in [0.15, 0.2) is 77.7 Å². The number of nitro benzene ring substituents is 1. The van der Waals surface area contributed by atoms with Gasteiger partial charge in [-0.15, -0.1) is 0 Å². The fraction of sp³-hybridized carbons (Fsp3) is 0.0952. The highest BCUT2D eigenvalue weighted by Crippen LogP contribution is 2.22. The lowest BCUT2D eigenvalue weighted by molar-refractivity contribution is -0.385. The normalized spacial score (nSPS) is 11.0. The van der Waals surface area contributed by atoms with Gasteiger partial charge >= 0.3 is 10.1 Å². The van der Waals surface area contributed by atoms with Gasteiger partial charge in [-0.1, -0.05) is 24.3 Å². The number of carbonyl (C=O) groups excluding carboxylic acids is 1. The molecule has 0 aliphatic rings. The van der Waals surface area contributed by atoms with Gasteiger partial charge in [0.15, 0.2) is 0 Å². The highest BCUT2D eigenvalue weighted by Gasteiger charge is 2.20. The van der Waals surface area contributed by atoms with Crippen LogP contribution in [0, 0.1) is 15.9 Å². The molecular weight excluding hydrogens is 427 g/mol. The van der Waals surface area contributed by atoms with Gasteiger partial charge < -0.3 is 9.50 Å². The summed E-state index contributed by atoms with van der Waals surface area (Å²) in [5.74, 6) is -0.818. The van der Waals surface area contributed by atoms with Crippen molar-refractivity contribution in [3.63, 3.8) is 0 Å². The van der Waals surface area contributed by atoms with E-state index in [1.807, 2.05) is 0 Å². The predicted octanol–water partition coefficient (Wildman–Crippen LogP) is 3.47. The van der Waals surface area contributed by atoms with Crippen molar-refractivity contribution in [1.82, 2.24) is 5.32 Å². The van der Waals surface area contributed by atoms with Crippen LogP contribution in [0.4, 0.5) is 10.1 Å². The third-order valence-corrected chi connectivity index (χ3v) is 5.52. The van der Waals surface area contributed by atoms with Crippen LogP contribution in [0.25, 0.3) is 0 Å². The first-order chi connectivity index (χ1) is 14.8. The van der Waals surface area contributed by atoms with Crippen molar-refractivity contribution in [1.29, 1.82) is 0 Å². The van der Waals surface area contributed by atoms with E-state index in [0.717, 1.165) is 6.07 Å². The number of amides is 1. The van der Waals surface area contributed by atoms with Gasteiger partial charge in [-0.2, -0.15) is 8.42 Å².